The molecule has 116 valence electrons. The molecule has 0 aliphatic carbocycles. The maximum atomic E-state index is 11.8. The van der Waals surface area contributed by atoms with Crippen molar-refractivity contribution in [3.05, 3.63) is 15.6 Å². The fourth-order valence-electron chi connectivity index (χ4n) is 1.83. The number of hydrogen-bond acceptors (Lipinski definition) is 4. The van der Waals surface area contributed by atoms with E-state index in [0.29, 0.717) is 5.01 Å². The molecule has 1 aliphatic heterocycles. The van der Waals surface area contributed by atoms with Gasteiger partial charge in [0.2, 0.25) is 0 Å². The van der Waals surface area contributed by atoms with Gasteiger partial charge in [0.1, 0.15) is 0 Å². The van der Waals surface area contributed by atoms with Gasteiger partial charge in [-0.2, -0.15) is 0 Å². The molecular weight excluding hydrogens is 270 g/mol. The van der Waals surface area contributed by atoms with Crippen LogP contribution in [0, 0.1) is 0 Å². The molecule has 0 aromatic carbocycles. The maximum absolute atomic E-state index is 11.8. The van der Waals surface area contributed by atoms with E-state index in [4.69, 9.17) is 0 Å². The standard InChI is InChI=1S/C11H17N3OS.2C2H6/c1-13(2)11(15)10-12-8-7-14(3)6-4-5-9(8)16-10;2*1-2/h4-7H2,1-3H3;2*1-2H3. The molecule has 20 heavy (non-hydrogen) atoms. The molecule has 1 aliphatic rings. The molecule has 1 aromatic heterocycles. The summed E-state index contributed by atoms with van der Waals surface area (Å²) in [5, 5.41) is 0.630. The molecule has 0 saturated carbocycles. The Balaban J connectivity index is 0.000000829. The molecule has 0 bridgehead atoms. The van der Waals surface area contributed by atoms with Gasteiger partial charge in [-0.3, -0.25) is 4.79 Å². The second-order valence-electron chi connectivity index (χ2n) is 4.43. The average Bonchev–Trinajstić information content (AvgIpc) is 2.77. The van der Waals surface area contributed by atoms with E-state index in [1.165, 1.54) is 4.88 Å². The molecule has 0 saturated heterocycles. The minimum Gasteiger partial charge on any atom is -0.343 e. The number of amides is 1. The first kappa shape index (κ1) is 19.1. The Hall–Kier alpha value is -0.940. The predicted octanol–water partition coefficient (Wildman–Crippen LogP) is 3.28. The van der Waals surface area contributed by atoms with E-state index in [-0.39, 0.29) is 5.91 Å². The van der Waals surface area contributed by atoms with Gasteiger partial charge in [0, 0.05) is 25.5 Å². The van der Waals surface area contributed by atoms with Crippen molar-refractivity contribution in [1.82, 2.24) is 14.8 Å². The monoisotopic (exact) mass is 299 g/mol. The van der Waals surface area contributed by atoms with Crippen molar-refractivity contribution >= 4 is 17.2 Å². The molecule has 0 unspecified atom stereocenters. The van der Waals surface area contributed by atoms with Gasteiger partial charge >= 0.3 is 0 Å². The first-order valence-electron chi connectivity index (χ1n) is 7.46. The summed E-state index contributed by atoms with van der Waals surface area (Å²) in [6.45, 7) is 9.98. The van der Waals surface area contributed by atoms with Crippen molar-refractivity contribution in [2.24, 2.45) is 0 Å². The van der Waals surface area contributed by atoms with Gasteiger partial charge in [-0.15, -0.1) is 11.3 Å². The SMILES string of the molecule is CC.CC.CN1CCCc2sc(C(=O)N(C)C)nc2C1. The number of nitrogens with zero attached hydrogens (tertiary/aromatic N) is 3. The second kappa shape index (κ2) is 9.88. The second-order valence-corrected chi connectivity index (χ2v) is 5.51. The molecule has 0 spiro atoms. The molecule has 0 N–H and O–H groups in total. The lowest BCUT2D eigenvalue weighted by molar-refractivity contribution is 0.0827. The molecule has 4 nitrogen and oxygen atoms in total. The number of carbonyl (C=O) groups excluding carboxylic acids is 1. The maximum Gasteiger partial charge on any atom is 0.282 e. The van der Waals surface area contributed by atoms with E-state index in [0.717, 1.165) is 31.6 Å². The number of fused-ring (bicyclic) bond motifs is 1. The van der Waals surface area contributed by atoms with Crippen molar-refractivity contribution in [2.45, 2.75) is 47.1 Å². The average molecular weight is 299 g/mol. The fraction of sp³-hybridized carbons (Fsp3) is 0.733. The fourth-order valence-corrected chi connectivity index (χ4v) is 2.96. The third kappa shape index (κ3) is 5.21. The minimum atomic E-state index is 0.0146. The predicted molar refractivity (Wildman–Crippen MR) is 87.5 cm³/mol. The van der Waals surface area contributed by atoms with Crippen molar-refractivity contribution in [1.29, 1.82) is 0 Å². The zero-order valence-electron chi connectivity index (χ0n) is 14.0. The molecule has 0 radical (unpaired) electrons. The van der Waals surface area contributed by atoms with Crippen LogP contribution in [0.1, 0.15) is 54.5 Å². The van der Waals surface area contributed by atoms with E-state index in [1.807, 2.05) is 27.7 Å². The molecule has 0 fully saturated rings. The summed E-state index contributed by atoms with van der Waals surface area (Å²) in [4.78, 5) is 21.4. The van der Waals surface area contributed by atoms with Crippen molar-refractivity contribution in [3.8, 4) is 0 Å². The van der Waals surface area contributed by atoms with E-state index < -0.39 is 0 Å². The van der Waals surface area contributed by atoms with Crippen molar-refractivity contribution in [3.63, 3.8) is 0 Å². The van der Waals surface area contributed by atoms with Gasteiger partial charge in [0.15, 0.2) is 5.01 Å². The lowest BCUT2D eigenvalue weighted by Crippen LogP contribution is -2.22. The number of carbonyl (C=O) groups is 1. The summed E-state index contributed by atoms with van der Waals surface area (Å²) in [6, 6.07) is 0. The van der Waals surface area contributed by atoms with E-state index in [1.54, 1.807) is 30.3 Å². The number of thiazole rings is 1. The van der Waals surface area contributed by atoms with Crippen LogP contribution in [0.5, 0.6) is 0 Å². The highest BCUT2D eigenvalue weighted by molar-refractivity contribution is 7.13. The largest absolute Gasteiger partial charge is 0.343 e. The van der Waals surface area contributed by atoms with Gasteiger partial charge in [0.05, 0.1) is 5.69 Å². The lowest BCUT2D eigenvalue weighted by Gasteiger charge is -2.11. The minimum absolute atomic E-state index is 0.0146. The van der Waals surface area contributed by atoms with Gasteiger partial charge in [-0.05, 0) is 26.4 Å². The van der Waals surface area contributed by atoms with E-state index in [9.17, 15) is 4.79 Å². The summed E-state index contributed by atoms with van der Waals surface area (Å²) in [7, 11) is 5.63. The Labute approximate surface area is 127 Å². The Kier molecular flexibility index (Phi) is 9.42. The summed E-state index contributed by atoms with van der Waals surface area (Å²) < 4.78 is 0. The van der Waals surface area contributed by atoms with Crippen LogP contribution in [0.25, 0.3) is 0 Å². The summed E-state index contributed by atoms with van der Waals surface area (Å²) in [5.74, 6) is 0.0146. The highest BCUT2D eigenvalue weighted by atomic mass is 32.1. The van der Waals surface area contributed by atoms with Crippen LogP contribution < -0.4 is 0 Å². The Morgan fingerprint density at radius 1 is 1.25 bits per heavy atom. The smallest absolute Gasteiger partial charge is 0.282 e. The van der Waals surface area contributed by atoms with Gasteiger partial charge in [-0.25, -0.2) is 4.98 Å². The van der Waals surface area contributed by atoms with Crippen LogP contribution in [0.15, 0.2) is 0 Å². The summed E-state index contributed by atoms with van der Waals surface area (Å²) in [5.41, 5.74) is 1.09. The quantitative estimate of drug-likeness (QED) is 0.798. The van der Waals surface area contributed by atoms with E-state index in [2.05, 4.69) is 16.9 Å². The number of hydrogen-bond donors (Lipinski definition) is 0. The summed E-state index contributed by atoms with van der Waals surface area (Å²) in [6.07, 6.45) is 2.21. The van der Waals surface area contributed by atoms with Crippen LogP contribution in [-0.4, -0.2) is 48.4 Å². The van der Waals surface area contributed by atoms with E-state index >= 15 is 0 Å². The van der Waals surface area contributed by atoms with Crippen molar-refractivity contribution < 1.29 is 4.79 Å². The van der Waals surface area contributed by atoms with Gasteiger partial charge < -0.3 is 9.80 Å². The molecular formula is C15H29N3OS. The Morgan fingerprint density at radius 2 is 1.85 bits per heavy atom. The topological polar surface area (TPSA) is 36.4 Å². The van der Waals surface area contributed by atoms with Gasteiger partial charge in [-0.1, -0.05) is 27.7 Å². The molecule has 5 heteroatoms. The highest BCUT2D eigenvalue weighted by Gasteiger charge is 2.20. The zero-order chi connectivity index (χ0) is 15.7. The molecule has 2 heterocycles. The highest BCUT2D eigenvalue weighted by Crippen LogP contribution is 2.24. The van der Waals surface area contributed by atoms with Crippen LogP contribution >= 0.6 is 11.3 Å². The van der Waals surface area contributed by atoms with Crippen LogP contribution in [0.3, 0.4) is 0 Å². The number of aryl methyl sites for hydroxylation is 1. The Morgan fingerprint density at radius 3 is 2.40 bits per heavy atom. The third-order valence-corrected chi connectivity index (χ3v) is 3.88. The lowest BCUT2D eigenvalue weighted by atomic mass is 10.2. The molecule has 0 atom stereocenters. The van der Waals surface area contributed by atoms with Crippen LogP contribution in [-0.2, 0) is 13.0 Å². The molecule has 2 rings (SSSR count). The van der Waals surface area contributed by atoms with Crippen LogP contribution in [0.4, 0.5) is 0 Å². The Bertz CT molecular complexity index is 402. The zero-order valence-corrected chi connectivity index (χ0v) is 14.8. The third-order valence-electron chi connectivity index (χ3n) is 2.73. The normalized spacial score (nSPS) is 13.9. The molecule has 1 amide bonds. The number of rotatable bonds is 1. The summed E-state index contributed by atoms with van der Waals surface area (Å²) >= 11 is 1.56. The first-order valence-corrected chi connectivity index (χ1v) is 8.28. The van der Waals surface area contributed by atoms with Crippen molar-refractivity contribution in [2.75, 3.05) is 27.7 Å². The van der Waals surface area contributed by atoms with Gasteiger partial charge in [0.25, 0.3) is 5.91 Å². The molecule has 1 aromatic rings. The first-order chi connectivity index (χ1) is 9.58. The van der Waals surface area contributed by atoms with Crippen LogP contribution in [0.2, 0.25) is 0 Å². The number of aromatic nitrogens is 1.